The quantitative estimate of drug-likeness (QED) is 0.312. The van der Waals surface area contributed by atoms with E-state index in [1.165, 1.54) is 17.0 Å². The number of hydrogen-bond donors (Lipinski definition) is 4. The van der Waals surface area contributed by atoms with Gasteiger partial charge in [0.05, 0.1) is 12.2 Å². The third-order valence-corrected chi connectivity index (χ3v) is 15.1. The molecule has 0 radical (unpaired) electrons. The zero-order chi connectivity index (χ0) is 45.0. The lowest BCUT2D eigenvalue weighted by Gasteiger charge is -2.34. The molecule has 346 valence electrons. The van der Waals surface area contributed by atoms with Crippen molar-refractivity contribution in [3.63, 3.8) is 0 Å². The number of alkyl carbamates (subject to hydrolysis) is 1. The van der Waals surface area contributed by atoms with E-state index >= 15 is 0 Å². The first kappa shape index (κ1) is 45.2. The molecule has 2 saturated carbocycles. The van der Waals surface area contributed by atoms with E-state index in [1.54, 1.807) is 23.1 Å². The van der Waals surface area contributed by atoms with Gasteiger partial charge in [0.15, 0.2) is 0 Å². The van der Waals surface area contributed by atoms with Crippen molar-refractivity contribution in [3.8, 4) is 0 Å². The number of ether oxygens (including phenoxy) is 2. The number of piperazine rings is 1. The maximum atomic E-state index is 14.7. The summed E-state index contributed by atoms with van der Waals surface area (Å²) >= 11 is 0. The van der Waals surface area contributed by atoms with Crippen molar-refractivity contribution in [2.45, 2.75) is 125 Å². The van der Waals surface area contributed by atoms with Gasteiger partial charge in [-0.2, -0.15) is 0 Å². The predicted octanol–water partition coefficient (Wildman–Crippen LogP) is 4.23. The van der Waals surface area contributed by atoms with Crippen LogP contribution in [0.3, 0.4) is 0 Å². The summed E-state index contributed by atoms with van der Waals surface area (Å²) in [6, 6.07) is 10.3. The van der Waals surface area contributed by atoms with E-state index in [0.717, 1.165) is 94.4 Å². The van der Waals surface area contributed by atoms with Gasteiger partial charge in [0.1, 0.15) is 34.7 Å². The Morgan fingerprint density at radius 1 is 0.875 bits per heavy atom. The molecule has 6 aliphatic rings. The summed E-state index contributed by atoms with van der Waals surface area (Å²) in [7, 11) is -2.29. The molecule has 4 aliphatic heterocycles. The van der Waals surface area contributed by atoms with Crippen molar-refractivity contribution in [3.05, 3.63) is 66.2 Å². The van der Waals surface area contributed by atoms with Crippen LogP contribution in [-0.2, 0) is 47.0 Å². The summed E-state index contributed by atoms with van der Waals surface area (Å²) < 4.78 is 41.6. The predicted molar refractivity (Wildman–Crippen MR) is 239 cm³/mol. The SMILES string of the molecule is C=C[C@@H]1C[C@@]12NC(=O)[C@@H]1C[C@@H](OC(=O)N3Cc4ccc(N5CCN(C)CC5)cc4C3)CN1C(=O)[C@@H](NC(=O)OC1CCCC1)CCCCCCCNc1ccccc1S(=O)(=O)NC2=O. The average molecular weight is 903 g/mol. The molecule has 4 fully saturated rings. The zero-order valence-corrected chi connectivity index (χ0v) is 37.5. The number of likely N-dealkylation sites (N-methyl/N-ethyl adjacent to an activating group) is 1. The third-order valence-electron chi connectivity index (χ3n) is 13.8. The van der Waals surface area contributed by atoms with E-state index in [-0.39, 0.29) is 36.8 Å². The standard InChI is InChI=1S/C46H62N8O9S/c1-3-33-27-46(33)43(57)50-64(60,61)40-17-11-10-15-37(40)47-20-12-6-4-5-7-16-38(48-44(58)62-35-13-8-9-14-35)42(56)54-30-36(26-39(54)41(55)49-46)63-45(59)53-28-31-18-19-34(25-32(31)29-53)52-23-21-51(2)22-24-52/h3,10-11,15,17-19,25,33,35-36,38-39,47H,1,4-9,12-14,16,20-24,26-30H2,2H3,(H,48,58)(H,49,55)(H,50,57)/t33-,36-,38+,39+,46-/m1/s1. The van der Waals surface area contributed by atoms with E-state index in [4.69, 9.17) is 9.47 Å². The van der Waals surface area contributed by atoms with Gasteiger partial charge in [-0.3, -0.25) is 19.3 Å². The molecule has 0 aromatic heterocycles. The number of nitrogens with zero attached hydrogens (tertiary/aromatic N) is 4. The van der Waals surface area contributed by atoms with E-state index in [1.807, 2.05) is 6.07 Å². The van der Waals surface area contributed by atoms with Gasteiger partial charge in [0.25, 0.3) is 15.9 Å². The molecule has 8 rings (SSSR count). The molecule has 17 nitrogen and oxygen atoms in total. The molecule has 18 heteroatoms. The molecule has 2 aliphatic carbocycles. The highest BCUT2D eigenvalue weighted by Gasteiger charge is 2.61. The lowest BCUT2D eigenvalue weighted by Crippen LogP contribution is -2.58. The summed E-state index contributed by atoms with van der Waals surface area (Å²) in [5.74, 6) is -2.81. The number of benzene rings is 2. The fraction of sp³-hybridized carbons (Fsp3) is 0.587. The highest BCUT2D eigenvalue weighted by molar-refractivity contribution is 7.90. The topological polar surface area (TPSA) is 199 Å². The van der Waals surface area contributed by atoms with Crippen LogP contribution < -0.4 is 25.6 Å². The van der Waals surface area contributed by atoms with Crippen molar-refractivity contribution in [2.75, 3.05) is 56.5 Å². The number of nitrogens with one attached hydrogen (secondary N) is 4. The molecule has 2 aromatic rings. The Morgan fingerprint density at radius 3 is 2.36 bits per heavy atom. The lowest BCUT2D eigenvalue weighted by atomic mass is 10.0. The number of rotatable bonds is 5. The van der Waals surface area contributed by atoms with Crippen LogP contribution in [0, 0.1) is 5.92 Å². The Morgan fingerprint density at radius 2 is 1.59 bits per heavy atom. The Hall–Kier alpha value is -5.36. The van der Waals surface area contributed by atoms with E-state index < -0.39 is 69.6 Å². The Kier molecular flexibility index (Phi) is 13.7. The second-order valence-electron chi connectivity index (χ2n) is 18.3. The average Bonchev–Trinajstić information content (AvgIpc) is 3.66. The fourth-order valence-electron chi connectivity index (χ4n) is 9.83. The van der Waals surface area contributed by atoms with Gasteiger partial charge in [0, 0.05) is 63.8 Å². The lowest BCUT2D eigenvalue weighted by molar-refractivity contribution is -0.141. The fourth-order valence-corrected chi connectivity index (χ4v) is 11.1. The maximum Gasteiger partial charge on any atom is 0.410 e. The van der Waals surface area contributed by atoms with E-state index in [9.17, 15) is 32.4 Å². The first-order valence-corrected chi connectivity index (χ1v) is 24.4. The van der Waals surface area contributed by atoms with Crippen molar-refractivity contribution in [1.82, 2.24) is 30.1 Å². The highest BCUT2D eigenvalue weighted by Crippen LogP contribution is 2.45. The monoisotopic (exact) mass is 902 g/mol. The number of hydrogen-bond acceptors (Lipinski definition) is 12. The molecule has 2 saturated heterocycles. The molecule has 0 unspecified atom stereocenters. The summed E-state index contributed by atoms with van der Waals surface area (Å²) in [5.41, 5.74) is 1.82. The van der Waals surface area contributed by atoms with Gasteiger partial charge in [-0.25, -0.2) is 22.7 Å². The molecule has 0 bridgehead atoms. The van der Waals surface area contributed by atoms with Crippen LogP contribution in [0.1, 0.15) is 88.2 Å². The summed E-state index contributed by atoms with van der Waals surface area (Å²) in [6.45, 7) is 8.61. The molecule has 5 amide bonds. The van der Waals surface area contributed by atoms with Gasteiger partial charge < -0.3 is 40.1 Å². The van der Waals surface area contributed by atoms with Crippen molar-refractivity contribution in [1.29, 1.82) is 0 Å². The van der Waals surface area contributed by atoms with Crippen LogP contribution in [0.5, 0.6) is 0 Å². The first-order valence-electron chi connectivity index (χ1n) is 23.0. The van der Waals surface area contributed by atoms with E-state index in [0.29, 0.717) is 31.7 Å². The zero-order valence-electron chi connectivity index (χ0n) is 36.7. The van der Waals surface area contributed by atoms with Gasteiger partial charge in [-0.05, 0) is 87.4 Å². The molecule has 1 spiro atoms. The molecule has 64 heavy (non-hydrogen) atoms. The van der Waals surface area contributed by atoms with Gasteiger partial charge in [-0.1, -0.05) is 50.0 Å². The van der Waals surface area contributed by atoms with Crippen molar-refractivity contribution >= 4 is 51.3 Å². The van der Waals surface area contributed by atoms with E-state index in [2.05, 4.69) is 56.2 Å². The second-order valence-corrected chi connectivity index (χ2v) is 19.9. The van der Waals surface area contributed by atoms with Gasteiger partial charge >= 0.3 is 12.2 Å². The summed E-state index contributed by atoms with van der Waals surface area (Å²) in [6.07, 6.45) is 6.42. The number of carbonyl (C=O) groups excluding carboxylic acids is 5. The normalized spacial score (nSPS) is 28.2. The van der Waals surface area contributed by atoms with Crippen LogP contribution in [0.25, 0.3) is 0 Å². The molecular formula is C46H62N8O9S. The van der Waals surface area contributed by atoms with Crippen LogP contribution >= 0.6 is 0 Å². The van der Waals surface area contributed by atoms with Crippen molar-refractivity contribution in [2.24, 2.45) is 5.92 Å². The number of amides is 5. The number of para-hydroxylation sites is 1. The Bertz CT molecular complexity index is 2210. The largest absolute Gasteiger partial charge is 0.446 e. The summed E-state index contributed by atoms with van der Waals surface area (Å²) in [4.78, 5) is 78.0. The molecular weight excluding hydrogens is 841 g/mol. The molecule has 4 heterocycles. The Labute approximate surface area is 375 Å². The van der Waals surface area contributed by atoms with Crippen LogP contribution in [0.15, 0.2) is 60.0 Å². The van der Waals surface area contributed by atoms with Crippen LogP contribution in [0.4, 0.5) is 21.0 Å². The van der Waals surface area contributed by atoms with Gasteiger partial charge in [0.2, 0.25) is 11.8 Å². The first-order chi connectivity index (χ1) is 30.8. The van der Waals surface area contributed by atoms with Crippen LogP contribution in [0.2, 0.25) is 0 Å². The number of anilines is 2. The maximum absolute atomic E-state index is 14.7. The third kappa shape index (κ3) is 10.1. The van der Waals surface area contributed by atoms with Gasteiger partial charge in [-0.15, -0.1) is 6.58 Å². The van der Waals surface area contributed by atoms with Crippen LogP contribution in [-0.4, -0.2) is 129 Å². The minimum absolute atomic E-state index is 0.0752. The molecule has 2 aromatic carbocycles. The number of sulfonamides is 1. The van der Waals surface area contributed by atoms with Crippen molar-refractivity contribution < 1.29 is 41.9 Å². The Balaban J connectivity index is 1.03. The summed E-state index contributed by atoms with van der Waals surface area (Å²) in [5, 5.41) is 8.81. The molecule has 5 atom stereocenters. The highest BCUT2D eigenvalue weighted by atomic mass is 32.2. The minimum atomic E-state index is -4.40. The second kappa shape index (κ2) is 19.4. The smallest absolute Gasteiger partial charge is 0.410 e. The molecule has 4 N–H and O–H groups in total. The number of fused-ring (bicyclic) bond motifs is 3. The number of carbonyl (C=O) groups is 5. The minimum Gasteiger partial charge on any atom is -0.446 e.